The van der Waals surface area contributed by atoms with Crippen LogP contribution in [0, 0.1) is 17.2 Å². The third-order valence-corrected chi connectivity index (χ3v) is 5.96. The van der Waals surface area contributed by atoms with Crippen molar-refractivity contribution in [2.24, 2.45) is 11.3 Å². The number of piperidine rings is 1. The van der Waals surface area contributed by atoms with Gasteiger partial charge in [-0.1, -0.05) is 31.9 Å². The van der Waals surface area contributed by atoms with Crippen LogP contribution in [0.4, 0.5) is 4.39 Å². The Bertz CT molecular complexity index is 445. The first-order valence-electron chi connectivity index (χ1n) is 8.70. The molecule has 1 atom stereocenters. The minimum atomic E-state index is -0.122. The largest absolute Gasteiger partial charge is 0.316 e. The predicted octanol–water partition coefficient (Wildman–Crippen LogP) is 4.88. The van der Waals surface area contributed by atoms with E-state index in [9.17, 15) is 4.39 Å². The first-order chi connectivity index (χ1) is 10.2. The molecule has 0 amide bonds. The number of hydrogen-bond acceptors (Lipinski definition) is 1. The average Bonchev–Trinajstić information content (AvgIpc) is 2.52. The Morgan fingerprint density at radius 2 is 1.86 bits per heavy atom. The van der Waals surface area contributed by atoms with Gasteiger partial charge in [0, 0.05) is 12.5 Å². The molecule has 1 aliphatic heterocycles. The Kier molecular flexibility index (Phi) is 4.63. The predicted molar refractivity (Wildman–Crippen MR) is 85.9 cm³/mol. The molecular formula is C19H28FN. The molecular weight excluding hydrogens is 261 g/mol. The molecule has 1 spiro atoms. The molecule has 0 aromatic heterocycles. The summed E-state index contributed by atoms with van der Waals surface area (Å²) in [4.78, 5) is 0. The molecule has 1 aliphatic carbocycles. The van der Waals surface area contributed by atoms with E-state index in [1.807, 2.05) is 12.1 Å². The third-order valence-electron chi connectivity index (χ3n) is 5.96. The van der Waals surface area contributed by atoms with Crippen LogP contribution >= 0.6 is 0 Å². The maximum atomic E-state index is 13.2. The Morgan fingerprint density at radius 1 is 1.14 bits per heavy atom. The molecule has 2 fully saturated rings. The van der Waals surface area contributed by atoms with Crippen molar-refractivity contribution in [3.05, 3.63) is 35.6 Å². The summed E-state index contributed by atoms with van der Waals surface area (Å²) in [6.45, 7) is 4.51. The average molecular weight is 289 g/mol. The molecule has 0 radical (unpaired) electrons. The van der Waals surface area contributed by atoms with Gasteiger partial charge >= 0.3 is 0 Å². The van der Waals surface area contributed by atoms with E-state index in [0.29, 0.717) is 11.3 Å². The zero-order valence-corrected chi connectivity index (χ0v) is 13.2. The number of nitrogens with one attached hydrogen (secondary N) is 1. The van der Waals surface area contributed by atoms with E-state index in [4.69, 9.17) is 0 Å². The number of halogens is 1. The fraction of sp³-hybridized carbons (Fsp3) is 0.684. The molecule has 3 rings (SSSR count). The maximum Gasteiger partial charge on any atom is 0.123 e. The molecule has 1 unspecified atom stereocenters. The highest BCUT2D eigenvalue weighted by Gasteiger charge is 2.43. The maximum absolute atomic E-state index is 13.2. The smallest absolute Gasteiger partial charge is 0.123 e. The van der Waals surface area contributed by atoms with Gasteiger partial charge in [0.1, 0.15) is 5.82 Å². The van der Waals surface area contributed by atoms with Gasteiger partial charge in [-0.05, 0) is 67.7 Å². The highest BCUT2D eigenvalue weighted by Crippen LogP contribution is 2.52. The molecule has 116 valence electrons. The fourth-order valence-electron chi connectivity index (χ4n) is 4.69. The van der Waals surface area contributed by atoms with Gasteiger partial charge in [0.15, 0.2) is 0 Å². The molecule has 1 saturated heterocycles. The van der Waals surface area contributed by atoms with E-state index in [0.717, 1.165) is 19.0 Å². The van der Waals surface area contributed by atoms with Crippen LogP contribution in [0.2, 0.25) is 0 Å². The van der Waals surface area contributed by atoms with Gasteiger partial charge in [-0.3, -0.25) is 0 Å². The van der Waals surface area contributed by atoms with Crippen molar-refractivity contribution in [3.63, 3.8) is 0 Å². The van der Waals surface area contributed by atoms with Crippen LogP contribution in [0.5, 0.6) is 0 Å². The minimum absolute atomic E-state index is 0.122. The van der Waals surface area contributed by atoms with Crippen LogP contribution in [0.1, 0.15) is 63.4 Å². The molecule has 1 nitrogen and oxygen atoms in total. The summed E-state index contributed by atoms with van der Waals surface area (Å²) in [7, 11) is 0. The summed E-state index contributed by atoms with van der Waals surface area (Å²) >= 11 is 0. The number of rotatable bonds is 3. The van der Waals surface area contributed by atoms with Crippen molar-refractivity contribution in [3.8, 4) is 0 Å². The lowest BCUT2D eigenvalue weighted by atomic mass is 9.58. The van der Waals surface area contributed by atoms with Crippen LogP contribution in [0.3, 0.4) is 0 Å². The lowest BCUT2D eigenvalue weighted by Crippen LogP contribution is -2.45. The van der Waals surface area contributed by atoms with E-state index in [1.165, 1.54) is 50.5 Å². The lowest BCUT2D eigenvalue weighted by molar-refractivity contribution is 0.0768. The summed E-state index contributed by atoms with van der Waals surface area (Å²) < 4.78 is 13.2. The summed E-state index contributed by atoms with van der Waals surface area (Å²) in [5.41, 5.74) is 1.80. The second-order valence-corrected chi connectivity index (χ2v) is 7.15. The van der Waals surface area contributed by atoms with Gasteiger partial charge in [-0.15, -0.1) is 0 Å². The zero-order valence-electron chi connectivity index (χ0n) is 13.2. The monoisotopic (exact) mass is 289 g/mol. The van der Waals surface area contributed by atoms with Crippen molar-refractivity contribution in [2.45, 2.75) is 57.8 Å². The molecule has 2 heteroatoms. The quantitative estimate of drug-likeness (QED) is 0.836. The third kappa shape index (κ3) is 3.15. The van der Waals surface area contributed by atoms with Gasteiger partial charge in [0.25, 0.3) is 0 Å². The van der Waals surface area contributed by atoms with Gasteiger partial charge in [0.05, 0.1) is 0 Å². The van der Waals surface area contributed by atoms with Crippen molar-refractivity contribution in [1.29, 1.82) is 0 Å². The van der Waals surface area contributed by atoms with E-state index >= 15 is 0 Å². The van der Waals surface area contributed by atoms with E-state index in [1.54, 1.807) is 12.1 Å². The zero-order chi connectivity index (χ0) is 14.7. The van der Waals surface area contributed by atoms with Crippen molar-refractivity contribution in [1.82, 2.24) is 5.32 Å². The summed E-state index contributed by atoms with van der Waals surface area (Å²) in [5.74, 6) is 1.39. The van der Waals surface area contributed by atoms with Crippen LogP contribution in [-0.4, -0.2) is 13.1 Å². The normalized spacial score (nSPS) is 33.2. The first-order valence-corrected chi connectivity index (χ1v) is 8.70. The van der Waals surface area contributed by atoms with E-state index < -0.39 is 0 Å². The number of hydrogen-bond donors (Lipinski definition) is 1. The molecule has 21 heavy (non-hydrogen) atoms. The molecule has 1 N–H and O–H groups in total. The highest BCUT2D eigenvalue weighted by atomic mass is 19.1. The second-order valence-electron chi connectivity index (χ2n) is 7.15. The van der Waals surface area contributed by atoms with Crippen LogP contribution in [-0.2, 0) is 0 Å². The van der Waals surface area contributed by atoms with Gasteiger partial charge in [0.2, 0.25) is 0 Å². The Labute approximate surface area is 128 Å². The number of benzene rings is 1. The summed E-state index contributed by atoms with van der Waals surface area (Å²) in [6, 6.07) is 7.26. The van der Waals surface area contributed by atoms with Crippen LogP contribution in [0.15, 0.2) is 24.3 Å². The van der Waals surface area contributed by atoms with Crippen LogP contribution < -0.4 is 5.32 Å². The standard InChI is InChI=1S/C19H28FN/c1-2-3-15-8-10-19(11-9-15)12-13-21-14-18(19)16-4-6-17(20)7-5-16/h4-7,15,18,21H,2-3,8-14H2,1H3. The van der Waals surface area contributed by atoms with E-state index in [2.05, 4.69) is 12.2 Å². The SMILES string of the molecule is CCCC1CCC2(CCNCC2c2ccc(F)cc2)CC1. The first kappa shape index (κ1) is 15.0. The fourth-order valence-corrected chi connectivity index (χ4v) is 4.69. The van der Waals surface area contributed by atoms with Crippen LogP contribution in [0.25, 0.3) is 0 Å². The Balaban J connectivity index is 1.77. The van der Waals surface area contributed by atoms with Crippen molar-refractivity contribution >= 4 is 0 Å². The Morgan fingerprint density at radius 3 is 2.52 bits per heavy atom. The molecule has 1 heterocycles. The topological polar surface area (TPSA) is 12.0 Å². The molecule has 1 aromatic rings. The van der Waals surface area contributed by atoms with Gasteiger partial charge in [-0.2, -0.15) is 0 Å². The van der Waals surface area contributed by atoms with Gasteiger partial charge in [-0.25, -0.2) is 4.39 Å². The molecule has 1 saturated carbocycles. The summed E-state index contributed by atoms with van der Waals surface area (Å²) in [5, 5.41) is 3.56. The highest BCUT2D eigenvalue weighted by molar-refractivity contribution is 5.25. The lowest BCUT2D eigenvalue weighted by Gasteiger charge is -2.49. The summed E-state index contributed by atoms with van der Waals surface area (Å²) in [6.07, 6.45) is 9.52. The second kappa shape index (κ2) is 6.48. The van der Waals surface area contributed by atoms with Crippen molar-refractivity contribution < 1.29 is 4.39 Å². The van der Waals surface area contributed by atoms with E-state index in [-0.39, 0.29) is 5.82 Å². The molecule has 1 aromatic carbocycles. The van der Waals surface area contributed by atoms with Gasteiger partial charge < -0.3 is 5.32 Å². The molecule has 2 aliphatic rings. The Hall–Kier alpha value is -0.890. The van der Waals surface area contributed by atoms with Crippen molar-refractivity contribution in [2.75, 3.05) is 13.1 Å². The molecule has 0 bridgehead atoms. The minimum Gasteiger partial charge on any atom is -0.316 e.